The predicted molar refractivity (Wildman–Crippen MR) is 48.0 cm³/mol. The minimum atomic E-state index is -1.06. The Morgan fingerprint density at radius 1 is 1.64 bits per heavy atom. The Balaban J connectivity index is 2.43. The Labute approximate surface area is 79.4 Å². The average Bonchev–Trinajstić information content (AvgIpc) is 2.71. The Morgan fingerprint density at radius 2 is 2.43 bits per heavy atom. The summed E-state index contributed by atoms with van der Waals surface area (Å²) in [4.78, 5) is 10.6. The van der Waals surface area contributed by atoms with Gasteiger partial charge in [0.05, 0.1) is 6.26 Å². The number of nitrogens with one attached hydrogen (secondary N) is 1. The van der Waals surface area contributed by atoms with E-state index in [1.54, 1.807) is 12.3 Å². The molecule has 0 saturated carbocycles. The van der Waals surface area contributed by atoms with Crippen LogP contribution in [0.2, 0.25) is 0 Å². The summed E-state index contributed by atoms with van der Waals surface area (Å²) in [6, 6.07) is 3.24. The zero-order chi connectivity index (χ0) is 10.1. The number of aromatic nitrogens is 2. The van der Waals surface area contributed by atoms with E-state index in [2.05, 4.69) is 10.2 Å². The second-order valence-corrected chi connectivity index (χ2v) is 2.90. The third-order valence-corrected chi connectivity index (χ3v) is 1.90. The Hall–Kier alpha value is -2.04. The summed E-state index contributed by atoms with van der Waals surface area (Å²) in [7, 11) is 0. The third kappa shape index (κ3) is 1.28. The first-order valence-electron chi connectivity index (χ1n) is 4.01. The fourth-order valence-electron chi connectivity index (χ4n) is 1.20. The SMILES string of the molecule is Cc1ccoc1-c1cc(C(=O)O)n[nH]1. The number of nitrogens with zero attached hydrogens (tertiary/aromatic N) is 1. The highest BCUT2D eigenvalue weighted by molar-refractivity contribution is 5.86. The highest BCUT2D eigenvalue weighted by Gasteiger charge is 2.12. The highest BCUT2D eigenvalue weighted by Crippen LogP contribution is 2.22. The van der Waals surface area contributed by atoms with E-state index < -0.39 is 5.97 Å². The van der Waals surface area contributed by atoms with E-state index in [1.165, 1.54) is 6.07 Å². The quantitative estimate of drug-likeness (QED) is 0.758. The molecule has 0 aliphatic carbocycles. The molecule has 0 radical (unpaired) electrons. The van der Waals surface area contributed by atoms with Gasteiger partial charge in [-0.25, -0.2) is 4.79 Å². The first-order chi connectivity index (χ1) is 6.68. The van der Waals surface area contributed by atoms with Crippen LogP contribution < -0.4 is 0 Å². The number of aryl methyl sites for hydroxylation is 1. The number of aromatic amines is 1. The van der Waals surface area contributed by atoms with E-state index in [9.17, 15) is 4.79 Å². The molecule has 0 unspecified atom stereocenters. The van der Waals surface area contributed by atoms with Crippen molar-refractivity contribution in [1.82, 2.24) is 10.2 Å². The molecule has 2 N–H and O–H groups in total. The van der Waals surface area contributed by atoms with Crippen molar-refractivity contribution in [1.29, 1.82) is 0 Å². The van der Waals surface area contributed by atoms with Crippen molar-refractivity contribution in [2.75, 3.05) is 0 Å². The predicted octanol–water partition coefficient (Wildman–Crippen LogP) is 1.68. The van der Waals surface area contributed by atoms with Crippen molar-refractivity contribution in [3.05, 3.63) is 29.7 Å². The largest absolute Gasteiger partial charge is 0.476 e. The van der Waals surface area contributed by atoms with Gasteiger partial charge in [-0.3, -0.25) is 5.10 Å². The van der Waals surface area contributed by atoms with Crippen molar-refractivity contribution in [3.8, 4) is 11.5 Å². The van der Waals surface area contributed by atoms with E-state index in [0.717, 1.165) is 5.56 Å². The van der Waals surface area contributed by atoms with Crippen LogP contribution in [0.5, 0.6) is 0 Å². The van der Waals surface area contributed by atoms with Gasteiger partial charge in [0.15, 0.2) is 11.5 Å². The molecule has 2 rings (SSSR count). The number of rotatable bonds is 2. The first kappa shape index (κ1) is 8.55. The summed E-state index contributed by atoms with van der Waals surface area (Å²) in [5.74, 6) is -0.443. The number of carbonyl (C=O) groups is 1. The molecule has 2 aromatic rings. The maximum Gasteiger partial charge on any atom is 0.356 e. The van der Waals surface area contributed by atoms with E-state index in [4.69, 9.17) is 9.52 Å². The molecule has 0 bridgehead atoms. The lowest BCUT2D eigenvalue weighted by molar-refractivity contribution is 0.0690. The van der Waals surface area contributed by atoms with Crippen LogP contribution in [0.15, 0.2) is 22.8 Å². The molecule has 0 fully saturated rings. The van der Waals surface area contributed by atoms with Crippen LogP contribution in [-0.4, -0.2) is 21.3 Å². The second-order valence-electron chi connectivity index (χ2n) is 2.90. The van der Waals surface area contributed by atoms with E-state index in [1.807, 2.05) is 6.92 Å². The molecule has 72 valence electrons. The van der Waals surface area contributed by atoms with Crippen molar-refractivity contribution < 1.29 is 14.3 Å². The van der Waals surface area contributed by atoms with Gasteiger partial charge in [0, 0.05) is 6.07 Å². The fourth-order valence-corrected chi connectivity index (χ4v) is 1.20. The van der Waals surface area contributed by atoms with Gasteiger partial charge in [0.2, 0.25) is 0 Å². The van der Waals surface area contributed by atoms with Crippen molar-refractivity contribution in [2.24, 2.45) is 0 Å². The molecule has 0 atom stereocenters. The van der Waals surface area contributed by atoms with Gasteiger partial charge in [0.25, 0.3) is 0 Å². The molecular formula is C9H8N2O3. The Bertz CT molecular complexity index is 470. The lowest BCUT2D eigenvalue weighted by Gasteiger charge is -1.90. The molecule has 0 aliphatic heterocycles. The monoisotopic (exact) mass is 192 g/mol. The minimum absolute atomic E-state index is 0.0178. The van der Waals surface area contributed by atoms with E-state index >= 15 is 0 Å². The summed E-state index contributed by atoms with van der Waals surface area (Å²) >= 11 is 0. The van der Waals surface area contributed by atoms with Crippen LogP contribution >= 0.6 is 0 Å². The van der Waals surface area contributed by atoms with Crippen LogP contribution in [0.4, 0.5) is 0 Å². The van der Waals surface area contributed by atoms with Gasteiger partial charge in [-0.05, 0) is 18.6 Å². The molecule has 0 amide bonds. The number of H-pyrrole nitrogens is 1. The molecular weight excluding hydrogens is 184 g/mol. The molecule has 0 aromatic carbocycles. The summed E-state index contributed by atoms with van der Waals surface area (Å²) < 4.78 is 5.18. The van der Waals surface area contributed by atoms with E-state index in [-0.39, 0.29) is 5.69 Å². The molecule has 14 heavy (non-hydrogen) atoms. The zero-order valence-electron chi connectivity index (χ0n) is 7.44. The molecule has 0 spiro atoms. The third-order valence-electron chi connectivity index (χ3n) is 1.90. The van der Waals surface area contributed by atoms with Gasteiger partial charge in [-0.15, -0.1) is 0 Å². The van der Waals surface area contributed by atoms with Crippen LogP contribution in [0.1, 0.15) is 16.1 Å². The fraction of sp³-hybridized carbons (Fsp3) is 0.111. The lowest BCUT2D eigenvalue weighted by Crippen LogP contribution is -1.95. The number of carboxylic acids is 1. The maximum atomic E-state index is 10.6. The second kappa shape index (κ2) is 3.02. The van der Waals surface area contributed by atoms with Crippen molar-refractivity contribution in [3.63, 3.8) is 0 Å². The number of hydrogen-bond acceptors (Lipinski definition) is 3. The molecule has 5 heteroatoms. The van der Waals surface area contributed by atoms with Crippen molar-refractivity contribution in [2.45, 2.75) is 6.92 Å². The zero-order valence-corrected chi connectivity index (χ0v) is 7.44. The molecule has 0 aliphatic rings. The smallest absolute Gasteiger partial charge is 0.356 e. The summed E-state index contributed by atoms with van der Waals surface area (Å²) in [6.07, 6.45) is 1.55. The highest BCUT2D eigenvalue weighted by atomic mass is 16.4. The van der Waals surface area contributed by atoms with Gasteiger partial charge >= 0.3 is 5.97 Å². The maximum absolute atomic E-state index is 10.6. The van der Waals surface area contributed by atoms with Crippen LogP contribution in [0, 0.1) is 6.92 Å². The topological polar surface area (TPSA) is 79.1 Å². The van der Waals surface area contributed by atoms with Gasteiger partial charge in [-0.1, -0.05) is 0 Å². The molecule has 0 saturated heterocycles. The molecule has 2 aromatic heterocycles. The average molecular weight is 192 g/mol. The van der Waals surface area contributed by atoms with Crippen LogP contribution in [0.25, 0.3) is 11.5 Å². The van der Waals surface area contributed by atoms with Gasteiger partial charge in [0.1, 0.15) is 5.69 Å². The summed E-state index contributed by atoms with van der Waals surface area (Å²) in [5.41, 5.74) is 1.49. The standard InChI is InChI=1S/C9H8N2O3/c1-5-2-3-14-8(5)6-4-7(9(12)13)11-10-6/h2-4H,1H3,(H,10,11)(H,12,13). The van der Waals surface area contributed by atoms with E-state index in [0.29, 0.717) is 11.5 Å². The summed E-state index contributed by atoms with van der Waals surface area (Å²) in [6.45, 7) is 1.88. The molecule has 5 nitrogen and oxygen atoms in total. The molecule has 2 heterocycles. The van der Waals surface area contributed by atoms with Crippen molar-refractivity contribution >= 4 is 5.97 Å². The first-order valence-corrected chi connectivity index (χ1v) is 4.01. The number of furan rings is 1. The normalized spacial score (nSPS) is 10.4. The minimum Gasteiger partial charge on any atom is -0.476 e. The van der Waals surface area contributed by atoms with Gasteiger partial charge < -0.3 is 9.52 Å². The Kier molecular flexibility index (Phi) is 1.85. The lowest BCUT2D eigenvalue weighted by atomic mass is 10.2. The summed E-state index contributed by atoms with van der Waals surface area (Å²) in [5, 5.41) is 14.9. The van der Waals surface area contributed by atoms with Crippen LogP contribution in [-0.2, 0) is 0 Å². The number of carboxylic acid groups (broad SMARTS) is 1. The number of hydrogen-bond donors (Lipinski definition) is 2. The van der Waals surface area contributed by atoms with Crippen LogP contribution in [0.3, 0.4) is 0 Å². The van der Waals surface area contributed by atoms with Gasteiger partial charge in [-0.2, -0.15) is 5.10 Å². The number of aromatic carboxylic acids is 1. The Morgan fingerprint density at radius 3 is 2.93 bits per heavy atom.